The minimum atomic E-state index is -4.39. The predicted molar refractivity (Wildman–Crippen MR) is 112 cm³/mol. The van der Waals surface area contributed by atoms with Crippen molar-refractivity contribution in [3.05, 3.63) is 77.4 Å². The maximum Gasteiger partial charge on any atom is 0.416 e. The minimum absolute atomic E-state index is 0.335. The molecule has 32 heavy (non-hydrogen) atoms. The molecule has 2 aromatic heterocycles. The Kier molecular flexibility index (Phi) is 4.69. The molecule has 1 N–H and O–H groups in total. The number of amides is 1. The highest BCUT2D eigenvalue weighted by Gasteiger charge is 2.30. The Bertz CT molecular complexity index is 1320. The first-order valence-electron chi connectivity index (χ1n) is 10.1. The fourth-order valence-corrected chi connectivity index (χ4v) is 3.72. The van der Waals surface area contributed by atoms with Crippen LogP contribution in [0, 0.1) is 6.92 Å². The Balaban J connectivity index is 1.42. The Labute approximate surface area is 181 Å². The van der Waals surface area contributed by atoms with Crippen LogP contribution >= 0.6 is 0 Å². The molecule has 2 heterocycles. The molecule has 1 fully saturated rings. The van der Waals surface area contributed by atoms with Gasteiger partial charge in [0.25, 0.3) is 11.7 Å². The van der Waals surface area contributed by atoms with E-state index >= 15 is 0 Å². The van der Waals surface area contributed by atoms with Gasteiger partial charge in [-0.25, -0.2) is 4.98 Å². The fraction of sp³-hybridized carbons (Fsp3) is 0.217. The van der Waals surface area contributed by atoms with Gasteiger partial charge < -0.3 is 5.32 Å². The van der Waals surface area contributed by atoms with Crippen LogP contribution in [0.1, 0.15) is 46.1 Å². The first kappa shape index (κ1) is 20.2. The highest BCUT2D eigenvalue weighted by atomic mass is 19.4. The van der Waals surface area contributed by atoms with Crippen LogP contribution in [0.25, 0.3) is 16.9 Å². The quantitative estimate of drug-likeness (QED) is 0.474. The molecule has 0 radical (unpaired) electrons. The highest BCUT2D eigenvalue weighted by molar-refractivity contribution is 6.06. The summed E-state index contributed by atoms with van der Waals surface area (Å²) in [5.41, 5.74) is 2.18. The Morgan fingerprint density at radius 3 is 2.53 bits per heavy atom. The molecule has 6 nitrogen and oxygen atoms in total. The molecule has 4 aromatic rings. The number of anilines is 1. The van der Waals surface area contributed by atoms with E-state index in [9.17, 15) is 18.0 Å². The standard InChI is InChI=1S/C23H18F3N5O/c1-13-18(14-7-9-16(10-8-14)23(24,25)26)3-2-4-19(13)21(32)28-17-11-27-22-30-29-20(15-5-6-15)31(22)12-17/h2-4,7-12,15H,5-6H2,1H3,(H,28,32). The van der Waals surface area contributed by atoms with E-state index in [0.29, 0.717) is 39.6 Å². The minimum Gasteiger partial charge on any atom is -0.319 e. The van der Waals surface area contributed by atoms with Gasteiger partial charge in [-0.15, -0.1) is 10.2 Å². The molecular formula is C23H18F3N5O. The number of hydrogen-bond acceptors (Lipinski definition) is 4. The summed E-state index contributed by atoms with van der Waals surface area (Å²) < 4.78 is 40.4. The molecule has 5 rings (SSSR count). The van der Waals surface area contributed by atoms with Gasteiger partial charge in [-0.05, 0) is 54.7 Å². The molecule has 1 saturated carbocycles. The lowest BCUT2D eigenvalue weighted by Gasteiger charge is -2.13. The van der Waals surface area contributed by atoms with E-state index in [1.165, 1.54) is 18.3 Å². The van der Waals surface area contributed by atoms with Crippen LogP contribution in [-0.2, 0) is 6.18 Å². The molecule has 1 amide bonds. The fourth-order valence-electron chi connectivity index (χ4n) is 3.72. The number of alkyl halides is 3. The van der Waals surface area contributed by atoms with Gasteiger partial charge in [-0.1, -0.05) is 24.3 Å². The van der Waals surface area contributed by atoms with Crippen molar-refractivity contribution < 1.29 is 18.0 Å². The maximum absolute atomic E-state index is 13.0. The third-order valence-electron chi connectivity index (χ3n) is 5.59. The number of carbonyl (C=O) groups excluding carboxylic acids is 1. The summed E-state index contributed by atoms with van der Waals surface area (Å²) in [6, 6.07) is 10.1. The molecule has 2 aromatic carbocycles. The molecule has 0 spiro atoms. The first-order valence-corrected chi connectivity index (χ1v) is 10.1. The number of nitrogens with zero attached hydrogens (tertiary/aromatic N) is 4. The van der Waals surface area contributed by atoms with Crippen LogP contribution < -0.4 is 5.32 Å². The lowest BCUT2D eigenvalue weighted by atomic mass is 9.95. The van der Waals surface area contributed by atoms with Crippen LogP contribution in [0.2, 0.25) is 0 Å². The Hall–Kier alpha value is -3.75. The number of rotatable bonds is 4. The van der Waals surface area contributed by atoms with Crippen molar-refractivity contribution in [3.63, 3.8) is 0 Å². The summed E-state index contributed by atoms with van der Waals surface area (Å²) in [6.45, 7) is 1.77. The van der Waals surface area contributed by atoms with Crippen LogP contribution in [0.4, 0.5) is 18.9 Å². The van der Waals surface area contributed by atoms with Crippen LogP contribution in [0.3, 0.4) is 0 Å². The molecule has 1 aliphatic carbocycles. The van der Waals surface area contributed by atoms with E-state index in [1.54, 1.807) is 35.7 Å². The molecule has 0 unspecified atom stereocenters. The zero-order chi connectivity index (χ0) is 22.5. The van der Waals surface area contributed by atoms with Crippen LogP contribution in [-0.4, -0.2) is 25.5 Å². The van der Waals surface area contributed by atoms with Crippen molar-refractivity contribution in [1.82, 2.24) is 19.6 Å². The molecule has 162 valence electrons. The summed E-state index contributed by atoms with van der Waals surface area (Å²) >= 11 is 0. The molecule has 1 aliphatic rings. The highest BCUT2D eigenvalue weighted by Crippen LogP contribution is 2.39. The Morgan fingerprint density at radius 1 is 1.09 bits per heavy atom. The van der Waals surface area contributed by atoms with Gasteiger partial charge in [0.15, 0.2) is 0 Å². The van der Waals surface area contributed by atoms with E-state index < -0.39 is 11.7 Å². The van der Waals surface area contributed by atoms with Crippen LogP contribution in [0.15, 0.2) is 54.9 Å². The van der Waals surface area contributed by atoms with Crippen molar-refractivity contribution in [2.24, 2.45) is 0 Å². The number of nitrogens with one attached hydrogen (secondary N) is 1. The number of carbonyl (C=O) groups is 1. The van der Waals surface area contributed by atoms with Crippen molar-refractivity contribution in [2.75, 3.05) is 5.32 Å². The largest absolute Gasteiger partial charge is 0.416 e. The molecular weight excluding hydrogens is 419 g/mol. The summed E-state index contributed by atoms with van der Waals surface area (Å²) in [5.74, 6) is 1.35. The van der Waals surface area contributed by atoms with Gasteiger partial charge in [0.1, 0.15) is 5.82 Å². The maximum atomic E-state index is 13.0. The summed E-state index contributed by atoms with van der Waals surface area (Å²) in [5, 5.41) is 11.1. The number of benzene rings is 2. The van der Waals surface area contributed by atoms with E-state index in [4.69, 9.17) is 0 Å². The van der Waals surface area contributed by atoms with E-state index in [1.807, 2.05) is 0 Å². The van der Waals surface area contributed by atoms with Gasteiger partial charge in [0.05, 0.1) is 17.4 Å². The molecule has 0 aliphatic heterocycles. The SMILES string of the molecule is Cc1c(C(=O)Nc2cnc3nnc(C4CC4)n3c2)cccc1-c1ccc(C(F)(F)F)cc1. The van der Waals surface area contributed by atoms with Crippen LogP contribution in [0.5, 0.6) is 0 Å². The summed E-state index contributed by atoms with van der Waals surface area (Å²) in [4.78, 5) is 17.2. The zero-order valence-corrected chi connectivity index (χ0v) is 17.0. The molecule has 0 atom stereocenters. The molecule has 0 saturated heterocycles. The Morgan fingerprint density at radius 2 is 1.84 bits per heavy atom. The second kappa shape index (κ2) is 7.44. The average Bonchev–Trinajstić information content (AvgIpc) is 3.52. The van der Waals surface area contributed by atoms with E-state index in [2.05, 4.69) is 20.5 Å². The van der Waals surface area contributed by atoms with E-state index in [0.717, 1.165) is 30.8 Å². The van der Waals surface area contributed by atoms with E-state index in [-0.39, 0.29) is 5.91 Å². The lowest BCUT2D eigenvalue weighted by molar-refractivity contribution is -0.137. The predicted octanol–water partition coefficient (Wildman–Crippen LogP) is 5.25. The van der Waals surface area contributed by atoms with Crippen molar-refractivity contribution >= 4 is 17.4 Å². The third-order valence-corrected chi connectivity index (χ3v) is 5.59. The molecule has 0 bridgehead atoms. The smallest absolute Gasteiger partial charge is 0.319 e. The third kappa shape index (κ3) is 3.70. The summed E-state index contributed by atoms with van der Waals surface area (Å²) in [7, 11) is 0. The second-order valence-electron chi connectivity index (χ2n) is 7.85. The van der Waals surface area contributed by atoms with Gasteiger partial charge in [0, 0.05) is 17.7 Å². The van der Waals surface area contributed by atoms with Crippen molar-refractivity contribution in [2.45, 2.75) is 31.9 Å². The number of hydrogen-bond donors (Lipinski definition) is 1. The van der Waals surface area contributed by atoms with Gasteiger partial charge in [-0.3, -0.25) is 9.20 Å². The lowest BCUT2D eigenvalue weighted by Crippen LogP contribution is -2.14. The monoisotopic (exact) mass is 437 g/mol. The summed E-state index contributed by atoms with van der Waals surface area (Å²) in [6.07, 6.45) is 1.01. The number of halogens is 3. The average molecular weight is 437 g/mol. The topological polar surface area (TPSA) is 72.2 Å². The first-order chi connectivity index (χ1) is 15.3. The van der Waals surface area contributed by atoms with Gasteiger partial charge in [-0.2, -0.15) is 13.2 Å². The number of aromatic nitrogens is 4. The normalized spacial score (nSPS) is 14.0. The number of fused-ring (bicyclic) bond motifs is 1. The van der Waals surface area contributed by atoms with Crippen molar-refractivity contribution in [3.8, 4) is 11.1 Å². The second-order valence-corrected chi connectivity index (χ2v) is 7.85. The molecule has 9 heteroatoms. The van der Waals surface area contributed by atoms with Crippen molar-refractivity contribution in [1.29, 1.82) is 0 Å². The zero-order valence-electron chi connectivity index (χ0n) is 17.0. The van der Waals surface area contributed by atoms with Gasteiger partial charge in [0.2, 0.25) is 0 Å². The van der Waals surface area contributed by atoms with Gasteiger partial charge >= 0.3 is 6.18 Å².